The number of aromatic hydroxyl groups is 1. The molecule has 0 saturated carbocycles. The fourth-order valence-electron chi connectivity index (χ4n) is 4.03. The summed E-state index contributed by atoms with van der Waals surface area (Å²) in [6, 6.07) is 17.5. The van der Waals surface area contributed by atoms with Crippen LogP contribution in [0.4, 0.5) is 5.82 Å². The van der Waals surface area contributed by atoms with Gasteiger partial charge in [-0.3, -0.25) is 0 Å². The molecular weight excluding hydrogens is 440 g/mol. The van der Waals surface area contributed by atoms with Gasteiger partial charge in [-0.15, -0.1) is 0 Å². The molecule has 0 bridgehead atoms. The van der Waals surface area contributed by atoms with E-state index >= 15 is 0 Å². The van der Waals surface area contributed by atoms with Gasteiger partial charge in [0.05, 0.1) is 12.0 Å². The molecule has 168 valence electrons. The van der Waals surface area contributed by atoms with E-state index in [0.29, 0.717) is 28.3 Å². The number of pyridine rings is 1. The van der Waals surface area contributed by atoms with Crippen molar-refractivity contribution in [3.05, 3.63) is 78.0 Å². The molecule has 9 heteroatoms. The first-order valence-corrected chi connectivity index (χ1v) is 11.8. The Morgan fingerprint density at radius 3 is 2.55 bits per heavy atom. The molecule has 0 aliphatic carbocycles. The summed E-state index contributed by atoms with van der Waals surface area (Å²) in [6.07, 6.45) is 1.82. The first-order valence-electron chi connectivity index (χ1n) is 10.4. The Hall–Kier alpha value is -3.85. The van der Waals surface area contributed by atoms with Crippen molar-refractivity contribution in [2.75, 3.05) is 18.0 Å². The maximum atomic E-state index is 13.5. The summed E-state index contributed by atoms with van der Waals surface area (Å²) in [5.74, 6) is 0.779. The molecule has 0 amide bonds. The zero-order valence-corrected chi connectivity index (χ0v) is 19.0. The second kappa shape index (κ2) is 7.93. The van der Waals surface area contributed by atoms with Crippen molar-refractivity contribution < 1.29 is 18.3 Å². The number of hydrogen-bond acceptors (Lipinski definition) is 6. The summed E-state index contributed by atoms with van der Waals surface area (Å²) >= 11 is 0. The minimum absolute atomic E-state index is 0.0566. The molecule has 0 fully saturated rings. The average molecular weight is 463 g/mol. The second-order valence-electron chi connectivity index (χ2n) is 7.75. The van der Waals surface area contributed by atoms with Crippen LogP contribution in [-0.4, -0.2) is 41.9 Å². The summed E-state index contributed by atoms with van der Waals surface area (Å²) in [7, 11) is -2.31. The Kier molecular flexibility index (Phi) is 5.05. The maximum absolute atomic E-state index is 13.5. The number of rotatable bonds is 4. The van der Waals surface area contributed by atoms with Gasteiger partial charge in [0, 0.05) is 23.9 Å². The van der Waals surface area contributed by atoms with E-state index < -0.39 is 10.0 Å². The molecule has 5 rings (SSSR count). The van der Waals surface area contributed by atoms with Crippen LogP contribution in [0.25, 0.3) is 16.9 Å². The van der Waals surface area contributed by atoms with Gasteiger partial charge in [-0.2, -0.15) is 9.78 Å². The highest BCUT2D eigenvalue weighted by atomic mass is 32.2. The van der Waals surface area contributed by atoms with Gasteiger partial charge in [0.25, 0.3) is 10.0 Å². The number of nitrogens with zero attached hydrogens (tertiary/aromatic N) is 4. The lowest BCUT2D eigenvalue weighted by atomic mass is 10.1. The Morgan fingerprint density at radius 2 is 1.79 bits per heavy atom. The highest BCUT2D eigenvalue weighted by Gasteiger charge is 2.34. The van der Waals surface area contributed by atoms with Crippen LogP contribution in [0.2, 0.25) is 0 Å². The summed E-state index contributed by atoms with van der Waals surface area (Å²) in [4.78, 5) is 4.59. The van der Waals surface area contributed by atoms with Crippen LogP contribution in [0.3, 0.4) is 0 Å². The minimum Gasteiger partial charge on any atom is -0.494 e. The number of fused-ring (bicyclic) bond motifs is 3. The number of hydrogen-bond donors (Lipinski definition) is 1. The van der Waals surface area contributed by atoms with E-state index in [1.165, 1.54) is 8.99 Å². The predicted octanol–water partition coefficient (Wildman–Crippen LogP) is 3.71. The van der Waals surface area contributed by atoms with Crippen LogP contribution >= 0.6 is 0 Å². The zero-order chi connectivity index (χ0) is 23.2. The smallest absolute Gasteiger partial charge is 0.265 e. The van der Waals surface area contributed by atoms with Crippen LogP contribution in [0.1, 0.15) is 11.1 Å². The number of methoxy groups -OCH3 is 1. The molecule has 1 aliphatic rings. The van der Waals surface area contributed by atoms with Gasteiger partial charge < -0.3 is 9.84 Å². The number of aromatic nitrogens is 3. The molecular formula is C24H22N4O4S. The molecule has 8 nitrogen and oxygen atoms in total. The van der Waals surface area contributed by atoms with E-state index in [1.807, 2.05) is 19.1 Å². The minimum atomic E-state index is -3.86. The number of sulfonamides is 1. The highest BCUT2D eigenvalue weighted by molar-refractivity contribution is 7.92. The number of anilines is 1. The maximum Gasteiger partial charge on any atom is 0.265 e. The Balaban J connectivity index is 1.66. The molecule has 0 unspecified atom stereocenters. The Labute approximate surface area is 191 Å². The molecule has 33 heavy (non-hydrogen) atoms. The molecule has 0 spiro atoms. The lowest BCUT2D eigenvalue weighted by Gasteiger charge is -2.23. The van der Waals surface area contributed by atoms with Crippen molar-refractivity contribution in [3.8, 4) is 28.6 Å². The number of benzene rings is 2. The molecule has 4 aromatic rings. The summed E-state index contributed by atoms with van der Waals surface area (Å²) in [6.45, 7) is 2.01. The van der Waals surface area contributed by atoms with Crippen molar-refractivity contribution in [3.63, 3.8) is 0 Å². The number of ether oxygens (including phenoxy) is 1. The standard InChI is InChI=1S/C24H22N4O4S/c1-16-9-11-17(12-10-16)33(30,31)27-15-13-19-22(18-6-5-14-25-23(18)27)26-28(24(19)29)20-7-3-4-8-21(20)32-2/h3-12,14,29H,13,15H2,1-2H3. The van der Waals surface area contributed by atoms with Gasteiger partial charge in [0.2, 0.25) is 5.88 Å². The van der Waals surface area contributed by atoms with Crippen LogP contribution < -0.4 is 9.04 Å². The van der Waals surface area contributed by atoms with Crippen molar-refractivity contribution in [1.29, 1.82) is 0 Å². The third-order valence-corrected chi connectivity index (χ3v) is 7.53. The Morgan fingerprint density at radius 1 is 1.03 bits per heavy atom. The molecule has 2 aromatic heterocycles. The van der Waals surface area contributed by atoms with Gasteiger partial charge in [0.1, 0.15) is 17.1 Å². The van der Waals surface area contributed by atoms with Crippen LogP contribution in [-0.2, 0) is 16.4 Å². The molecule has 3 heterocycles. The molecule has 0 radical (unpaired) electrons. The van der Waals surface area contributed by atoms with Crippen LogP contribution in [0, 0.1) is 6.92 Å². The largest absolute Gasteiger partial charge is 0.494 e. The predicted molar refractivity (Wildman–Crippen MR) is 124 cm³/mol. The van der Waals surface area contributed by atoms with E-state index in [4.69, 9.17) is 4.74 Å². The molecule has 0 saturated heterocycles. The number of aryl methyl sites for hydroxylation is 1. The van der Waals surface area contributed by atoms with Crippen molar-refractivity contribution in [1.82, 2.24) is 14.8 Å². The van der Waals surface area contributed by atoms with Crippen LogP contribution in [0.5, 0.6) is 11.6 Å². The van der Waals surface area contributed by atoms with Crippen molar-refractivity contribution >= 4 is 15.8 Å². The second-order valence-corrected chi connectivity index (χ2v) is 9.61. The first-order chi connectivity index (χ1) is 15.9. The topological polar surface area (TPSA) is 97.5 Å². The summed E-state index contributed by atoms with van der Waals surface area (Å²) < 4.78 is 35.2. The monoisotopic (exact) mass is 462 g/mol. The van der Waals surface area contributed by atoms with Gasteiger partial charge in [-0.25, -0.2) is 17.7 Å². The number of para-hydroxylation sites is 2. The fraction of sp³-hybridized carbons (Fsp3) is 0.167. The average Bonchev–Trinajstić information content (AvgIpc) is 3.05. The normalized spacial score (nSPS) is 13.2. The summed E-state index contributed by atoms with van der Waals surface area (Å²) in [5.41, 5.74) is 3.13. The van der Waals surface area contributed by atoms with Gasteiger partial charge in [-0.1, -0.05) is 29.8 Å². The third-order valence-electron chi connectivity index (χ3n) is 5.72. The fourth-order valence-corrected chi connectivity index (χ4v) is 5.47. The molecule has 2 aromatic carbocycles. The SMILES string of the molecule is COc1ccccc1-n1nc2c(c1O)CCN(S(=O)(=O)c1ccc(C)cc1)c1ncccc1-2. The quantitative estimate of drug-likeness (QED) is 0.497. The molecule has 1 aliphatic heterocycles. The van der Waals surface area contributed by atoms with E-state index in [9.17, 15) is 13.5 Å². The third kappa shape index (κ3) is 3.41. The van der Waals surface area contributed by atoms with Gasteiger partial charge >= 0.3 is 0 Å². The van der Waals surface area contributed by atoms with E-state index in [-0.39, 0.29) is 29.6 Å². The van der Waals surface area contributed by atoms with Gasteiger partial charge in [-0.05, 0) is 49.7 Å². The first kappa shape index (κ1) is 21.0. The lowest BCUT2D eigenvalue weighted by molar-refractivity contribution is 0.400. The molecule has 1 N–H and O–H groups in total. The molecule has 0 atom stereocenters. The van der Waals surface area contributed by atoms with Crippen molar-refractivity contribution in [2.24, 2.45) is 0 Å². The van der Waals surface area contributed by atoms with Crippen molar-refractivity contribution in [2.45, 2.75) is 18.2 Å². The van der Waals surface area contributed by atoms with E-state index in [0.717, 1.165) is 5.56 Å². The van der Waals surface area contributed by atoms with Crippen LogP contribution in [0.15, 0.2) is 71.8 Å². The highest BCUT2D eigenvalue weighted by Crippen LogP contribution is 2.41. The Bertz CT molecular complexity index is 1450. The van der Waals surface area contributed by atoms with E-state index in [2.05, 4.69) is 10.1 Å². The summed E-state index contributed by atoms with van der Waals surface area (Å²) in [5, 5.41) is 15.7. The van der Waals surface area contributed by atoms with Gasteiger partial charge in [0.15, 0.2) is 5.82 Å². The van der Waals surface area contributed by atoms with E-state index in [1.54, 1.807) is 61.8 Å². The zero-order valence-electron chi connectivity index (χ0n) is 18.1. The lowest BCUT2D eigenvalue weighted by Crippen LogP contribution is -2.33.